The van der Waals surface area contributed by atoms with Crippen molar-refractivity contribution in [3.05, 3.63) is 121 Å². The Morgan fingerprint density at radius 2 is 0.652 bits per heavy atom. The van der Waals surface area contributed by atoms with Gasteiger partial charge in [0.25, 0.3) is 0 Å². The number of rotatable bonds is 5. The number of benzene rings is 3. The molecule has 3 nitrogen and oxygen atoms in total. The molecule has 236 valence electrons. The lowest BCUT2D eigenvalue weighted by atomic mass is 9.88. The summed E-state index contributed by atoms with van der Waals surface area (Å²) < 4.78 is 213. The summed E-state index contributed by atoms with van der Waals surface area (Å²) in [7, 11) is 0. The Kier molecular flexibility index (Phi) is 9.63. The highest BCUT2D eigenvalue weighted by Gasteiger charge is 2.34. The van der Waals surface area contributed by atoms with Gasteiger partial charge in [0.1, 0.15) is 12.1 Å². The SMILES string of the molecule is CC(/C(C=C(C#N)c1c(F)c(F)c(F)c(F)c1F)=C(\C#N)c1c(F)c(F)c(F)c(F)c1F)=C(\C#N)c1c(F)c(F)c(F)c(F)c1F. The van der Waals surface area contributed by atoms with Crippen LogP contribution in [0.25, 0.3) is 16.7 Å². The average Bonchev–Trinajstić information content (AvgIpc) is 3.04. The quantitative estimate of drug-likeness (QED) is 0.0900. The molecule has 0 heterocycles. The van der Waals surface area contributed by atoms with Crippen molar-refractivity contribution in [2.24, 2.45) is 0 Å². The van der Waals surface area contributed by atoms with Crippen LogP contribution >= 0.6 is 0 Å². The zero-order valence-electron chi connectivity index (χ0n) is 21.6. The molecular formula is C28H4F15N3. The van der Waals surface area contributed by atoms with E-state index in [2.05, 4.69) is 0 Å². The van der Waals surface area contributed by atoms with Gasteiger partial charge in [-0.1, -0.05) is 0 Å². The van der Waals surface area contributed by atoms with Crippen molar-refractivity contribution >= 4 is 16.7 Å². The van der Waals surface area contributed by atoms with Crippen LogP contribution < -0.4 is 0 Å². The summed E-state index contributed by atoms with van der Waals surface area (Å²) in [5.74, 6) is -41.3. The van der Waals surface area contributed by atoms with Crippen molar-refractivity contribution in [2.75, 3.05) is 0 Å². The highest BCUT2D eigenvalue weighted by molar-refractivity contribution is 5.94. The smallest absolute Gasteiger partial charge is 0.200 e. The van der Waals surface area contributed by atoms with Gasteiger partial charge in [-0.15, -0.1) is 0 Å². The summed E-state index contributed by atoms with van der Waals surface area (Å²) in [5, 5.41) is 28.8. The zero-order chi connectivity index (χ0) is 35.1. The Balaban J connectivity index is 2.74. The topological polar surface area (TPSA) is 71.4 Å². The third-order valence-electron chi connectivity index (χ3n) is 6.08. The summed E-state index contributed by atoms with van der Waals surface area (Å²) in [6, 6.07) is 2.60. The lowest BCUT2D eigenvalue weighted by molar-refractivity contribution is 0.376. The van der Waals surface area contributed by atoms with Crippen LogP contribution in [0.15, 0.2) is 17.2 Å². The van der Waals surface area contributed by atoms with Gasteiger partial charge in [0.15, 0.2) is 69.8 Å². The van der Waals surface area contributed by atoms with Crippen LogP contribution in [0.4, 0.5) is 65.9 Å². The van der Waals surface area contributed by atoms with Crippen molar-refractivity contribution in [3.8, 4) is 18.2 Å². The molecule has 0 unspecified atom stereocenters. The molecule has 0 aliphatic carbocycles. The first-order chi connectivity index (χ1) is 21.4. The fourth-order valence-electron chi connectivity index (χ4n) is 3.88. The standard InChI is InChI=1S/C28H4F15N3/c1-6(9(4-45)12-16(31)22(37)27(42)23(38)17(12)32)8(10(5-46)13-18(33)24(39)28(43)25(40)19(13)34)2-7(3-44)11-14(29)20(35)26(41)21(36)15(11)30/h2H,1H3/b7-2?,9-6-,10-8+. The second-order valence-corrected chi connectivity index (χ2v) is 8.52. The maximum atomic E-state index is 14.8. The molecule has 0 saturated heterocycles. The molecule has 3 rings (SSSR count). The van der Waals surface area contributed by atoms with Gasteiger partial charge in [0, 0.05) is 0 Å². The highest BCUT2D eigenvalue weighted by atomic mass is 19.2. The van der Waals surface area contributed by atoms with E-state index in [4.69, 9.17) is 0 Å². The molecule has 0 aromatic heterocycles. The number of nitrogens with zero attached hydrogens (tertiary/aromatic N) is 3. The van der Waals surface area contributed by atoms with Gasteiger partial charge in [-0.2, -0.15) is 15.8 Å². The summed E-state index contributed by atoms with van der Waals surface area (Å²) in [6.45, 7) is 0.360. The van der Waals surface area contributed by atoms with E-state index in [1.807, 2.05) is 0 Å². The summed E-state index contributed by atoms with van der Waals surface area (Å²) in [6.07, 6.45) is -0.242. The molecule has 3 aromatic rings. The lowest BCUT2D eigenvalue weighted by Gasteiger charge is -2.15. The number of halogens is 15. The molecule has 0 N–H and O–H groups in total. The van der Waals surface area contributed by atoms with Gasteiger partial charge in [-0.3, -0.25) is 0 Å². The van der Waals surface area contributed by atoms with Crippen molar-refractivity contribution in [1.29, 1.82) is 15.8 Å². The van der Waals surface area contributed by atoms with Gasteiger partial charge in [-0.05, 0) is 24.1 Å². The molecule has 0 saturated carbocycles. The minimum atomic E-state index is -2.83. The third-order valence-corrected chi connectivity index (χ3v) is 6.08. The predicted molar refractivity (Wildman–Crippen MR) is 123 cm³/mol. The first-order valence-electron chi connectivity index (χ1n) is 11.3. The van der Waals surface area contributed by atoms with Crippen LogP contribution in [-0.4, -0.2) is 0 Å². The van der Waals surface area contributed by atoms with E-state index in [-0.39, 0.29) is 6.08 Å². The predicted octanol–water partition coefficient (Wildman–Crippen LogP) is 8.65. The van der Waals surface area contributed by atoms with E-state index in [1.165, 1.54) is 0 Å². The molecular weight excluding hydrogens is 663 g/mol. The highest BCUT2D eigenvalue weighted by Crippen LogP contribution is 2.39. The molecule has 0 radical (unpaired) electrons. The summed E-state index contributed by atoms with van der Waals surface area (Å²) in [4.78, 5) is 0. The van der Waals surface area contributed by atoms with E-state index in [9.17, 15) is 81.6 Å². The van der Waals surface area contributed by atoms with E-state index >= 15 is 0 Å². The Hall–Kier alpha value is -5.70. The zero-order valence-corrected chi connectivity index (χ0v) is 21.6. The molecule has 46 heavy (non-hydrogen) atoms. The summed E-state index contributed by atoms with van der Waals surface area (Å²) >= 11 is 0. The van der Waals surface area contributed by atoms with Crippen LogP contribution in [0.3, 0.4) is 0 Å². The maximum absolute atomic E-state index is 14.8. The van der Waals surface area contributed by atoms with Crippen LogP contribution in [0.5, 0.6) is 0 Å². The van der Waals surface area contributed by atoms with E-state index in [0.29, 0.717) is 6.92 Å². The minimum absolute atomic E-state index is 0.242. The normalized spacial score (nSPS) is 12.7. The summed E-state index contributed by atoms with van der Waals surface area (Å²) in [5.41, 5.74) is -15.1. The van der Waals surface area contributed by atoms with E-state index < -0.39 is 132 Å². The molecule has 0 aliphatic heterocycles. The second-order valence-electron chi connectivity index (χ2n) is 8.52. The molecule has 18 heteroatoms. The molecule has 3 aromatic carbocycles. The van der Waals surface area contributed by atoms with Crippen LogP contribution in [-0.2, 0) is 0 Å². The molecule has 0 aliphatic rings. The van der Waals surface area contributed by atoms with Crippen LogP contribution in [0.1, 0.15) is 23.6 Å². The van der Waals surface area contributed by atoms with Gasteiger partial charge in [0.2, 0.25) is 17.5 Å². The lowest BCUT2D eigenvalue weighted by Crippen LogP contribution is -2.10. The number of nitriles is 3. The number of hydrogen-bond donors (Lipinski definition) is 0. The Morgan fingerprint density at radius 3 is 0.935 bits per heavy atom. The number of allylic oxidation sites excluding steroid dienone is 6. The van der Waals surface area contributed by atoms with Crippen molar-refractivity contribution in [3.63, 3.8) is 0 Å². The Labute approximate surface area is 245 Å². The average molecular weight is 667 g/mol. The van der Waals surface area contributed by atoms with Crippen molar-refractivity contribution < 1.29 is 65.9 Å². The first-order valence-corrected chi connectivity index (χ1v) is 11.3. The molecule has 0 fully saturated rings. The van der Waals surface area contributed by atoms with E-state index in [0.717, 1.165) is 18.2 Å². The second kappa shape index (κ2) is 12.7. The van der Waals surface area contributed by atoms with Gasteiger partial charge < -0.3 is 0 Å². The van der Waals surface area contributed by atoms with Crippen LogP contribution in [0, 0.1) is 121 Å². The molecule has 0 bridgehead atoms. The molecule has 0 amide bonds. The Morgan fingerprint density at radius 1 is 0.391 bits per heavy atom. The number of hydrogen-bond acceptors (Lipinski definition) is 3. The monoisotopic (exact) mass is 667 g/mol. The van der Waals surface area contributed by atoms with E-state index in [1.54, 1.807) is 0 Å². The largest absolute Gasteiger partial charge is 0.203 e. The fraction of sp³-hybridized carbons (Fsp3) is 0.0357. The van der Waals surface area contributed by atoms with Gasteiger partial charge >= 0.3 is 0 Å². The van der Waals surface area contributed by atoms with Crippen molar-refractivity contribution in [1.82, 2.24) is 0 Å². The first kappa shape index (κ1) is 34.8. The molecule has 0 atom stereocenters. The van der Waals surface area contributed by atoms with Gasteiger partial charge in [-0.25, -0.2) is 65.9 Å². The maximum Gasteiger partial charge on any atom is 0.200 e. The van der Waals surface area contributed by atoms with Gasteiger partial charge in [0.05, 0.1) is 39.5 Å². The minimum Gasteiger partial charge on any atom is -0.203 e. The fourth-order valence-corrected chi connectivity index (χ4v) is 3.88. The van der Waals surface area contributed by atoms with Crippen molar-refractivity contribution in [2.45, 2.75) is 6.92 Å². The Bertz CT molecular complexity index is 2000. The molecule has 0 spiro atoms. The third kappa shape index (κ3) is 5.30. The van der Waals surface area contributed by atoms with Crippen LogP contribution in [0.2, 0.25) is 0 Å².